The molecule has 124 valence electrons. The maximum Gasteiger partial charge on any atom is 0.255 e. The van der Waals surface area contributed by atoms with Gasteiger partial charge in [0.15, 0.2) is 0 Å². The molecule has 0 atom stereocenters. The number of anilines is 1. The number of nitrogens with zero attached hydrogens (tertiary/aromatic N) is 1. The molecule has 0 bridgehead atoms. The number of carbonyl (C=O) groups is 1. The number of hydrogen-bond acceptors (Lipinski definition) is 4. The highest BCUT2D eigenvalue weighted by atomic mass is 35.5. The number of benzene rings is 2. The van der Waals surface area contributed by atoms with Gasteiger partial charge in [-0.15, -0.1) is 0 Å². The van der Waals surface area contributed by atoms with Crippen molar-refractivity contribution in [2.24, 2.45) is 4.40 Å². The second kappa shape index (κ2) is 7.51. The van der Waals surface area contributed by atoms with Gasteiger partial charge < -0.3 is 5.32 Å². The number of thiol groups is 1. The monoisotopic (exact) mass is 367 g/mol. The number of amides is 1. The van der Waals surface area contributed by atoms with E-state index in [9.17, 15) is 4.79 Å². The van der Waals surface area contributed by atoms with Crippen LogP contribution in [0.1, 0.15) is 15.9 Å². The van der Waals surface area contributed by atoms with E-state index in [0.717, 1.165) is 5.56 Å². The lowest BCUT2D eigenvalue weighted by atomic mass is 9.93. The summed E-state index contributed by atoms with van der Waals surface area (Å²) >= 11 is 10.1. The minimum absolute atomic E-state index is 0.240. The lowest BCUT2D eigenvalue weighted by molar-refractivity contribution is 0.102. The highest BCUT2D eigenvalue weighted by Gasteiger charge is 2.19. The van der Waals surface area contributed by atoms with E-state index in [0.29, 0.717) is 27.6 Å². The van der Waals surface area contributed by atoms with Crippen LogP contribution in [0.3, 0.4) is 0 Å². The molecule has 6 heteroatoms. The van der Waals surface area contributed by atoms with Gasteiger partial charge in [-0.05, 0) is 43.2 Å². The van der Waals surface area contributed by atoms with Crippen molar-refractivity contribution in [1.82, 2.24) is 0 Å². The Morgan fingerprint density at radius 2 is 1.92 bits per heavy atom. The Labute approximate surface area is 156 Å². The van der Waals surface area contributed by atoms with Crippen LogP contribution < -0.4 is 5.32 Å². The van der Waals surface area contributed by atoms with Crippen LogP contribution >= 0.6 is 24.4 Å². The van der Waals surface area contributed by atoms with Crippen LogP contribution in [-0.4, -0.2) is 17.3 Å². The molecule has 0 radical (unpaired) electrons. The summed E-state index contributed by atoms with van der Waals surface area (Å²) in [5, 5.41) is 11.4. The van der Waals surface area contributed by atoms with Gasteiger partial charge >= 0.3 is 0 Å². The minimum atomic E-state index is -0.240. The number of allylic oxidation sites excluding steroid dienone is 4. The van der Waals surface area contributed by atoms with Gasteiger partial charge in [-0.3, -0.25) is 10.2 Å². The zero-order valence-electron chi connectivity index (χ0n) is 13.0. The average Bonchev–Trinajstić information content (AvgIpc) is 2.62. The quantitative estimate of drug-likeness (QED) is 0.527. The summed E-state index contributed by atoms with van der Waals surface area (Å²) in [6, 6.07) is 14.1. The molecular weight excluding hydrogens is 354 g/mol. The van der Waals surface area contributed by atoms with Gasteiger partial charge in [-0.2, -0.15) is 0 Å². The van der Waals surface area contributed by atoms with Gasteiger partial charge in [0.1, 0.15) is 5.71 Å². The Balaban J connectivity index is 2.02. The van der Waals surface area contributed by atoms with Gasteiger partial charge in [0.2, 0.25) is 0 Å². The van der Waals surface area contributed by atoms with E-state index >= 15 is 0 Å². The maximum atomic E-state index is 12.5. The fraction of sp³-hybridized carbons (Fsp3) is 0. The first-order valence-corrected chi connectivity index (χ1v) is 8.24. The normalized spacial score (nSPS) is 15.2. The fourth-order valence-corrected chi connectivity index (χ4v) is 2.89. The van der Waals surface area contributed by atoms with Crippen LogP contribution in [-0.2, 0) is 0 Å². The van der Waals surface area contributed by atoms with E-state index in [1.807, 2.05) is 12.1 Å². The van der Waals surface area contributed by atoms with Crippen LogP contribution in [0.25, 0.3) is 5.57 Å². The van der Waals surface area contributed by atoms with Crippen LogP contribution in [0.15, 0.2) is 71.2 Å². The van der Waals surface area contributed by atoms with Crippen LogP contribution in [0.4, 0.5) is 5.69 Å². The Morgan fingerprint density at radius 1 is 1.16 bits per heavy atom. The molecule has 2 aromatic carbocycles. The molecule has 25 heavy (non-hydrogen) atoms. The van der Waals surface area contributed by atoms with Crippen molar-refractivity contribution in [2.45, 2.75) is 0 Å². The van der Waals surface area contributed by atoms with Gasteiger partial charge in [-0.25, -0.2) is 4.40 Å². The summed E-state index contributed by atoms with van der Waals surface area (Å²) in [6.07, 6.45) is 5.22. The maximum absolute atomic E-state index is 12.5. The lowest BCUT2D eigenvalue weighted by Gasteiger charge is -2.17. The van der Waals surface area contributed by atoms with E-state index < -0.39 is 0 Å². The number of hydrogen-bond donors (Lipinski definition) is 3. The molecule has 2 N–H and O–H groups in total. The Kier molecular flexibility index (Phi) is 5.16. The Morgan fingerprint density at radius 3 is 2.64 bits per heavy atom. The van der Waals surface area contributed by atoms with E-state index in [2.05, 4.69) is 22.5 Å². The van der Waals surface area contributed by atoms with Crippen LogP contribution in [0.2, 0.25) is 5.02 Å². The molecule has 0 saturated heterocycles. The van der Waals surface area contributed by atoms with Gasteiger partial charge in [0.25, 0.3) is 5.91 Å². The second-order valence-electron chi connectivity index (χ2n) is 5.31. The van der Waals surface area contributed by atoms with Crippen molar-refractivity contribution in [1.29, 1.82) is 5.41 Å². The van der Waals surface area contributed by atoms with E-state index in [1.54, 1.807) is 54.6 Å². The van der Waals surface area contributed by atoms with Gasteiger partial charge in [0.05, 0.1) is 11.4 Å². The summed E-state index contributed by atoms with van der Waals surface area (Å²) in [5.41, 5.74) is 3.19. The second-order valence-corrected chi connectivity index (χ2v) is 5.95. The molecule has 3 rings (SSSR count). The molecule has 0 spiro atoms. The van der Waals surface area contributed by atoms with Gasteiger partial charge in [-0.1, -0.05) is 48.0 Å². The van der Waals surface area contributed by atoms with Crippen LogP contribution in [0.5, 0.6) is 0 Å². The third-order valence-electron chi connectivity index (χ3n) is 3.69. The summed E-state index contributed by atoms with van der Waals surface area (Å²) in [4.78, 5) is 12.5. The zero-order valence-corrected chi connectivity index (χ0v) is 14.7. The molecule has 1 aliphatic carbocycles. The topological polar surface area (TPSA) is 65.3 Å². The molecule has 0 unspecified atom stereocenters. The Hall–Kier alpha value is -2.63. The molecule has 0 fully saturated rings. The largest absolute Gasteiger partial charge is 0.321 e. The zero-order chi connectivity index (χ0) is 17.8. The van der Waals surface area contributed by atoms with Crippen molar-refractivity contribution < 1.29 is 4.79 Å². The first-order valence-electron chi connectivity index (χ1n) is 7.46. The highest BCUT2D eigenvalue weighted by molar-refractivity contribution is 7.79. The minimum Gasteiger partial charge on any atom is -0.321 e. The smallest absolute Gasteiger partial charge is 0.255 e. The molecule has 0 aliphatic heterocycles. The summed E-state index contributed by atoms with van der Waals surface area (Å²) < 4.78 is 3.91. The lowest BCUT2D eigenvalue weighted by Crippen LogP contribution is -2.18. The third-order valence-corrected chi connectivity index (χ3v) is 4.13. The summed E-state index contributed by atoms with van der Waals surface area (Å²) in [7, 11) is 0. The predicted molar refractivity (Wildman–Crippen MR) is 107 cm³/mol. The van der Waals surface area contributed by atoms with E-state index in [1.165, 1.54) is 0 Å². The van der Waals surface area contributed by atoms with Crippen molar-refractivity contribution in [2.75, 3.05) is 5.32 Å². The molecular formula is C19H14ClN3OS. The molecule has 0 aromatic heterocycles. The van der Waals surface area contributed by atoms with E-state index in [-0.39, 0.29) is 11.6 Å². The number of rotatable bonds is 3. The Bertz CT molecular complexity index is 933. The standard InChI is InChI=1S/C19H14ClN3OS/c20-13-9-10-14(15-7-4-8-16(21)18(15)23-25)17(11-13)22-19(24)12-5-2-1-3-6-12/h1-11,21,25H,(H,22,24)/b21-16?,23-18-. The molecule has 4 nitrogen and oxygen atoms in total. The van der Waals surface area contributed by atoms with Crippen molar-refractivity contribution >= 4 is 53.0 Å². The average molecular weight is 368 g/mol. The van der Waals surface area contributed by atoms with Crippen molar-refractivity contribution in [3.63, 3.8) is 0 Å². The summed E-state index contributed by atoms with van der Waals surface area (Å²) in [6.45, 7) is 0. The molecule has 0 saturated carbocycles. The SMILES string of the molecule is N=C1C=CC=C(c2ccc(Cl)cc2NC(=O)c2ccccc2)/C1=N/S. The highest BCUT2D eigenvalue weighted by Crippen LogP contribution is 2.30. The molecule has 2 aromatic rings. The number of nitrogens with one attached hydrogen (secondary N) is 2. The number of carbonyl (C=O) groups excluding carboxylic acids is 1. The summed E-state index contributed by atoms with van der Waals surface area (Å²) in [5.74, 6) is -0.240. The van der Waals surface area contributed by atoms with Crippen molar-refractivity contribution in [3.8, 4) is 0 Å². The molecule has 0 heterocycles. The number of halogens is 1. The molecule has 1 amide bonds. The fourth-order valence-electron chi connectivity index (χ4n) is 2.51. The molecule has 1 aliphatic rings. The van der Waals surface area contributed by atoms with E-state index in [4.69, 9.17) is 17.0 Å². The van der Waals surface area contributed by atoms with Crippen molar-refractivity contribution in [3.05, 3.63) is 82.9 Å². The van der Waals surface area contributed by atoms with Gasteiger partial charge in [0, 0.05) is 21.7 Å². The first kappa shape index (κ1) is 17.2. The predicted octanol–water partition coefficient (Wildman–Crippen LogP) is 4.85. The first-order chi connectivity index (χ1) is 12.1. The van der Waals surface area contributed by atoms with Crippen LogP contribution in [0, 0.1) is 5.41 Å². The third kappa shape index (κ3) is 3.73.